The molecule has 2 fully saturated rings. The smallest absolute Gasteiger partial charge is 0.249 e. The SMILES string of the molecule is NC1(c2noc(C3CCCN3c3nccs3)n2)CCC1. The molecule has 1 aliphatic heterocycles. The van der Waals surface area contributed by atoms with E-state index in [1.54, 1.807) is 11.3 Å². The Kier molecular flexibility index (Phi) is 2.78. The Hall–Kier alpha value is -1.47. The normalized spacial score (nSPS) is 24.9. The zero-order chi connectivity index (χ0) is 13.6. The number of nitrogens with two attached hydrogens (primary N) is 1. The van der Waals surface area contributed by atoms with Crippen molar-refractivity contribution in [2.45, 2.75) is 43.7 Å². The molecule has 20 heavy (non-hydrogen) atoms. The molecule has 1 saturated carbocycles. The van der Waals surface area contributed by atoms with Crippen molar-refractivity contribution in [1.29, 1.82) is 0 Å². The highest BCUT2D eigenvalue weighted by Gasteiger charge is 2.40. The fourth-order valence-corrected chi connectivity index (χ4v) is 3.68. The van der Waals surface area contributed by atoms with E-state index in [1.165, 1.54) is 0 Å². The summed E-state index contributed by atoms with van der Waals surface area (Å²) in [5, 5.41) is 7.14. The molecule has 1 unspecified atom stereocenters. The molecule has 1 atom stereocenters. The van der Waals surface area contributed by atoms with Gasteiger partial charge in [0.15, 0.2) is 11.0 Å². The largest absolute Gasteiger partial charge is 0.337 e. The van der Waals surface area contributed by atoms with E-state index in [4.69, 9.17) is 10.3 Å². The van der Waals surface area contributed by atoms with E-state index in [0.717, 1.165) is 43.8 Å². The van der Waals surface area contributed by atoms with Gasteiger partial charge in [-0.05, 0) is 32.1 Å². The summed E-state index contributed by atoms with van der Waals surface area (Å²) in [6.07, 6.45) is 7.03. The van der Waals surface area contributed by atoms with Crippen LogP contribution in [0, 0.1) is 0 Å². The number of nitrogens with zero attached hydrogens (tertiary/aromatic N) is 4. The van der Waals surface area contributed by atoms with Gasteiger partial charge in [-0.3, -0.25) is 0 Å². The second kappa shape index (κ2) is 4.53. The zero-order valence-electron chi connectivity index (χ0n) is 11.2. The van der Waals surface area contributed by atoms with Crippen molar-refractivity contribution in [2.24, 2.45) is 5.73 Å². The monoisotopic (exact) mass is 291 g/mol. The van der Waals surface area contributed by atoms with Gasteiger partial charge in [0.25, 0.3) is 0 Å². The topological polar surface area (TPSA) is 81.1 Å². The van der Waals surface area contributed by atoms with Crippen LogP contribution in [0.15, 0.2) is 16.1 Å². The van der Waals surface area contributed by atoms with Gasteiger partial charge in [0.1, 0.15) is 6.04 Å². The third kappa shape index (κ3) is 1.84. The Morgan fingerprint density at radius 3 is 3.00 bits per heavy atom. The van der Waals surface area contributed by atoms with Crippen LogP contribution in [0.5, 0.6) is 0 Å². The highest BCUT2D eigenvalue weighted by Crippen LogP contribution is 2.40. The van der Waals surface area contributed by atoms with E-state index in [2.05, 4.69) is 20.0 Å². The Morgan fingerprint density at radius 2 is 2.30 bits per heavy atom. The summed E-state index contributed by atoms with van der Waals surface area (Å²) >= 11 is 1.65. The summed E-state index contributed by atoms with van der Waals surface area (Å²) in [4.78, 5) is 11.2. The van der Waals surface area contributed by atoms with Gasteiger partial charge in [0, 0.05) is 18.1 Å². The van der Waals surface area contributed by atoms with Crippen molar-refractivity contribution >= 4 is 16.5 Å². The van der Waals surface area contributed by atoms with E-state index in [9.17, 15) is 0 Å². The predicted molar refractivity (Wildman–Crippen MR) is 75.4 cm³/mol. The van der Waals surface area contributed by atoms with Crippen LogP contribution in [-0.4, -0.2) is 21.7 Å². The molecule has 106 valence electrons. The summed E-state index contributed by atoms with van der Waals surface area (Å²) in [7, 11) is 0. The van der Waals surface area contributed by atoms with Crippen LogP contribution in [0.3, 0.4) is 0 Å². The molecule has 2 aromatic rings. The second-order valence-electron chi connectivity index (χ2n) is 5.63. The van der Waals surface area contributed by atoms with Crippen LogP contribution in [-0.2, 0) is 5.54 Å². The van der Waals surface area contributed by atoms with E-state index in [1.807, 2.05) is 11.6 Å². The highest BCUT2D eigenvalue weighted by atomic mass is 32.1. The lowest BCUT2D eigenvalue weighted by molar-refractivity contribution is 0.228. The van der Waals surface area contributed by atoms with Crippen molar-refractivity contribution < 1.29 is 4.52 Å². The minimum absolute atomic E-state index is 0.145. The van der Waals surface area contributed by atoms with Crippen LogP contribution in [0.25, 0.3) is 0 Å². The maximum Gasteiger partial charge on any atom is 0.249 e. The van der Waals surface area contributed by atoms with Gasteiger partial charge < -0.3 is 15.2 Å². The quantitative estimate of drug-likeness (QED) is 0.933. The molecule has 7 heteroatoms. The molecule has 3 heterocycles. The first-order valence-corrected chi connectivity index (χ1v) is 7.93. The maximum atomic E-state index is 6.26. The van der Waals surface area contributed by atoms with Gasteiger partial charge in [-0.2, -0.15) is 4.98 Å². The van der Waals surface area contributed by atoms with Crippen molar-refractivity contribution in [3.63, 3.8) is 0 Å². The molecule has 0 amide bonds. The average Bonchev–Trinajstić information content (AvgIpc) is 3.13. The molecule has 0 bridgehead atoms. The van der Waals surface area contributed by atoms with Crippen LogP contribution in [0.4, 0.5) is 5.13 Å². The molecular weight excluding hydrogens is 274 g/mol. The Labute approximate surface area is 121 Å². The first-order chi connectivity index (χ1) is 9.76. The third-order valence-electron chi connectivity index (χ3n) is 4.34. The number of hydrogen-bond donors (Lipinski definition) is 1. The first-order valence-electron chi connectivity index (χ1n) is 7.05. The molecule has 0 spiro atoms. The molecule has 1 saturated heterocycles. The molecule has 0 radical (unpaired) electrons. The molecular formula is C13H17N5OS. The van der Waals surface area contributed by atoms with E-state index < -0.39 is 0 Å². The first kappa shape index (κ1) is 12.3. The average molecular weight is 291 g/mol. The predicted octanol–water partition coefficient (Wildman–Crippen LogP) is 2.21. The summed E-state index contributed by atoms with van der Waals surface area (Å²) in [6, 6.07) is 0.145. The van der Waals surface area contributed by atoms with Crippen molar-refractivity contribution in [2.75, 3.05) is 11.4 Å². The highest BCUT2D eigenvalue weighted by molar-refractivity contribution is 7.13. The minimum atomic E-state index is -0.355. The number of rotatable bonds is 3. The summed E-state index contributed by atoms with van der Waals surface area (Å²) in [5.41, 5.74) is 5.90. The van der Waals surface area contributed by atoms with Gasteiger partial charge in [-0.15, -0.1) is 11.3 Å². The Balaban J connectivity index is 1.60. The lowest BCUT2D eigenvalue weighted by Gasteiger charge is -2.34. The van der Waals surface area contributed by atoms with Crippen molar-refractivity contribution in [3.8, 4) is 0 Å². The molecule has 6 nitrogen and oxygen atoms in total. The molecule has 0 aromatic carbocycles. The summed E-state index contributed by atoms with van der Waals surface area (Å²) < 4.78 is 5.49. The van der Waals surface area contributed by atoms with Crippen LogP contribution in [0.2, 0.25) is 0 Å². The Morgan fingerprint density at radius 1 is 1.40 bits per heavy atom. The Bertz CT molecular complexity index is 592. The third-order valence-corrected chi connectivity index (χ3v) is 5.14. The lowest BCUT2D eigenvalue weighted by atomic mass is 9.77. The molecule has 1 aliphatic carbocycles. The van der Waals surface area contributed by atoms with Crippen LogP contribution in [0.1, 0.15) is 49.9 Å². The number of aromatic nitrogens is 3. The van der Waals surface area contributed by atoms with E-state index >= 15 is 0 Å². The van der Waals surface area contributed by atoms with Gasteiger partial charge in [0.2, 0.25) is 5.89 Å². The van der Waals surface area contributed by atoms with Gasteiger partial charge >= 0.3 is 0 Å². The second-order valence-corrected chi connectivity index (χ2v) is 6.51. The number of hydrogen-bond acceptors (Lipinski definition) is 7. The van der Waals surface area contributed by atoms with E-state index in [-0.39, 0.29) is 11.6 Å². The summed E-state index contributed by atoms with van der Waals surface area (Å²) in [6.45, 7) is 0.990. The molecule has 2 aromatic heterocycles. The fourth-order valence-electron chi connectivity index (χ4n) is 2.96. The van der Waals surface area contributed by atoms with Crippen molar-refractivity contribution in [1.82, 2.24) is 15.1 Å². The van der Waals surface area contributed by atoms with Crippen molar-refractivity contribution in [3.05, 3.63) is 23.3 Å². The standard InChI is InChI=1S/C13H17N5OS/c14-13(4-2-5-13)11-16-10(19-17-11)9-3-1-7-18(9)12-15-6-8-20-12/h6,8-9H,1-5,7,14H2. The fraction of sp³-hybridized carbons (Fsp3) is 0.615. The molecule has 2 N–H and O–H groups in total. The number of thiazole rings is 1. The summed E-state index contributed by atoms with van der Waals surface area (Å²) in [5.74, 6) is 1.36. The molecule has 2 aliphatic rings. The van der Waals surface area contributed by atoms with Gasteiger partial charge in [-0.25, -0.2) is 4.98 Å². The maximum absolute atomic E-state index is 6.26. The van der Waals surface area contributed by atoms with Gasteiger partial charge in [-0.1, -0.05) is 5.16 Å². The lowest BCUT2D eigenvalue weighted by Crippen LogP contribution is -2.44. The van der Waals surface area contributed by atoms with Gasteiger partial charge in [0.05, 0.1) is 5.54 Å². The number of anilines is 1. The zero-order valence-corrected chi connectivity index (χ0v) is 12.0. The molecule has 4 rings (SSSR count). The van der Waals surface area contributed by atoms with Crippen LogP contribution < -0.4 is 10.6 Å². The van der Waals surface area contributed by atoms with Crippen LogP contribution >= 0.6 is 11.3 Å². The van der Waals surface area contributed by atoms with E-state index in [0.29, 0.717) is 11.7 Å². The minimum Gasteiger partial charge on any atom is -0.337 e.